The van der Waals surface area contributed by atoms with E-state index in [1.54, 1.807) is 29.9 Å². The highest BCUT2D eigenvalue weighted by Gasteiger charge is 2.20. The number of hydrogen-bond acceptors (Lipinski definition) is 5. The molecule has 130 valence electrons. The highest BCUT2D eigenvalue weighted by atomic mass is 32.1. The molecule has 0 saturated carbocycles. The molecule has 0 aliphatic heterocycles. The molecule has 0 bridgehead atoms. The first-order valence-electron chi connectivity index (χ1n) is 7.74. The third kappa shape index (κ3) is 2.19. The van der Waals surface area contributed by atoms with Gasteiger partial charge in [0.05, 0.1) is 17.2 Å². The van der Waals surface area contributed by atoms with Crippen LogP contribution in [0.2, 0.25) is 0 Å². The van der Waals surface area contributed by atoms with Gasteiger partial charge in [-0.05, 0) is 11.4 Å². The third-order valence-electron chi connectivity index (χ3n) is 4.35. The van der Waals surface area contributed by atoms with Crippen molar-refractivity contribution in [2.45, 2.75) is 6.54 Å². The Morgan fingerprint density at radius 1 is 1.24 bits per heavy atom. The fourth-order valence-electron chi connectivity index (χ4n) is 3.04. The van der Waals surface area contributed by atoms with Crippen LogP contribution in [0.25, 0.3) is 27.5 Å². The van der Waals surface area contributed by atoms with Gasteiger partial charge in [-0.3, -0.25) is 18.3 Å². The van der Waals surface area contributed by atoms with Gasteiger partial charge in [0.2, 0.25) is 5.78 Å². The molecule has 4 heterocycles. The van der Waals surface area contributed by atoms with Crippen LogP contribution in [-0.2, 0) is 25.4 Å². The van der Waals surface area contributed by atoms with E-state index in [1.165, 1.54) is 11.6 Å². The molecule has 4 rings (SSSR count). The average Bonchev–Trinajstić information content (AvgIpc) is 3.31. The molecule has 0 spiro atoms. The van der Waals surface area contributed by atoms with Crippen molar-refractivity contribution in [1.29, 1.82) is 0 Å². The minimum Gasteiger partial charge on any atom is -0.383 e. The summed E-state index contributed by atoms with van der Waals surface area (Å²) in [6.07, 6.45) is 1.90. The Hall–Kier alpha value is -2.65. The standard InChI is InChI=1S/C16H17N5O3S/c1-18-13-12(14(22)19(2)16(18)23)21-9-10(11-5-4-8-25-11)20(6-7-24-3)15(21)17-13/h4-5,8-9H,6-7H2,1-3H3. The summed E-state index contributed by atoms with van der Waals surface area (Å²) in [6.45, 7) is 1.11. The Balaban J connectivity index is 2.13. The predicted octanol–water partition coefficient (Wildman–Crippen LogP) is 1.06. The van der Waals surface area contributed by atoms with Crippen LogP contribution in [0.3, 0.4) is 0 Å². The van der Waals surface area contributed by atoms with E-state index in [9.17, 15) is 9.59 Å². The van der Waals surface area contributed by atoms with Crippen LogP contribution in [0, 0.1) is 0 Å². The highest BCUT2D eigenvalue weighted by Crippen LogP contribution is 2.28. The molecule has 25 heavy (non-hydrogen) atoms. The lowest BCUT2D eigenvalue weighted by molar-refractivity contribution is 0.188. The lowest BCUT2D eigenvalue weighted by atomic mass is 10.3. The van der Waals surface area contributed by atoms with Crippen LogP contribution >= 0.6 is 11.3 Å². The Bertz CT molecular complexity index is 1190. The second-order valence-electron chi connectivity index (χ2n) is 5.80. The number of rotatable bonds is 4. The van der Waals surface area contributed by atoms with Crippen LogP contribution in [0.5, 0.6) is 0 Å². The van der Waals surface area contributed by atoms with Crippen molar-refractivity contribution in [3.8, 4) is 10.6 Å². The Morgan fingerprint density at radius 2 is 2.04 bits per heavy atom. The van der Waals surface area contributed by atoms with Crippen molar-refractivity contribution >= 4 is 28.3 Å². The molecule has 4 aromatic rings. The Morgan fingerprint density at radius 3 is 2.72 bits per heavy atom. The zero-order valence-corrected chi connectivity index (χ0v) is 14.9. The summed E-state index contributed by atoms with van der Waals surface area (Å²) < 4.78 is 11.5. The van der Waals surface area contributed by atoms with Crippen molar-refractivity contribution in [3.63, 3.8) is 0 Å². The molecule has 0 saturated heterocycles. The van der Waals surface area contributed by atoms with E-state index < -0.39 is 0 Å². The molecule has 0 aliphatic carbocycles. The van der Waals surface area contributed by atoms with Crippen LogP contribution in [0.15, 0.2) is 33.3 Å². The first kappa shape index (κ1) is 15.9. The van der Waals surface area contributed by atoms with E-state index in [2.05, 4.69) is 4.98 Å². The van der Waals surface area contributed by atoms with Crippen molar-refractivity contribution in [3.05, 3.63) is 44.5 Å². The summed E-state index contributed by atoms with van der Waals surface area (Å²) in [4.78, 5) is 30.5. The molecule has 9 heteroatoms. The second kappa shape index (κ2) is 5.71. The van der Waals surface area contributed by atoms with Gasteiger partial charge in [-0.1, -0.05) is 6.07 Å². The third-order valence-corrected chi connectivity index (χ3v) is 5.24. The molecular formula is C16H17N5O3S. The van der Waals surface area contributed by atoms with Gasteiger partial charge in [-0.2, -0.15) is 4.98 Å². The number of fused-ring (bicyclic) bond motifs is 3. The Kier molecular flexibility index (Phi) is 3.62. The predicted molar refractivity (Wildman–Crippen MR) is 96.4 cm³/mol. The van der Waals surface area contributed by atoms with Gasteiger partial charge in [-0.25, -0.2) is 4.79 Å². The van der Waals surface area contributed by atoms with Crippen molar-refractivity contribution in [1.82, 2.24) is 23.1 Å². The summed E-state index contributed by atoms with van der Waals surface area (Å²) >= 11 is 1.62. The van der Waals surface area contributed by atoms with E-state index in [0.29, 0.717) is 30.1 Å². The first-order chi connectivity index (χ1) is 12.0. The summed E-state index contributed by atoms with van der Waals surface area (Å²) in [5.74, 6) is 0.619. The zero-order valence-electron chi connectivity index (χ0n) is 14.1. The van der Waals surface area contributed by atoms with Gasteiger partial charge in [0.25, 0.3) is 5.56 Å². The van der Waals surface area contributed by atoms with Gasteiger partial charge >= 0.3 is 5.69 Å². The number of imidazole rings is 2. The lowest BCUT2D eigenvalue weighted by Crippen LogP contribution is -2.37. The van der Waals surface area contributed by atoms with Gasteiger partial charge in [0.15, 0.2) is 11.2 Å². The number of ether oxygens (including phenoxy) is 1. The summed E-state index contributed by atoms with van der Waals surface area (Å²) in [5.41, 5.74) is 1.00. The maximum atomic E-state index is 12.7. The lowest BCUT2D eigenvalue weighted by Gasteiger charge is -2.06. The number of thiophene rings is 1. The summed E-state index contributed by atoms with van der Waals surface area (Å²) in [6, 6.07) is 4.01. The SMILES string of the molecule is COCCn1c(-c2cccs2)cn2c3c(=O)n(C)c(=O)n(C)c3nc12. The molecule has 0 radical (unpaired) electrons. The molecule has 0 aliphatic rings. The van der Waals surface area contributed by atoms with Crippen LogP contribution in [0.4, 0.5) is 0 Å². The minimum atomic E-state index is -0.389. The molecule has 0 aromatic carbocycles. The maximum Gasteiger partial charge on any atom is 0.332 e. The quantitative estimate of drug-likeness (QED) is 0.546. The van der Waals surface area contributed by atoms with Crippen molar-refractivity contribution in [2.24, 2.45) is 14.1 Å². The Labute approximate surface area is 146 Å². The van der Waals surface area contributed by atoms with Crippen LogP contribution < -0.4 is 11.2 Å². The van der Waals surface area contributed by atoms with Crippen molar-refractivity contribution in [2.75, 3.05) is 13.7 Å². The fourth-order valence-corrected chi connectivity index (χ4v) is 3.78. The first-order valence-corrected chi connectivity index (χ1v) is 8.62. The largest absolute Gasteiger partial charge is 0.383 e. The number of nitrogens with zero attached hydrogens (tertiary/aromatic N) is 5. The number of methoxy groups -OCH3 is 1. The van der Waals surface area contributed by atoms with E-state index in [-0.39, 0.29) is 11.2 Å². The van der Waals surface area contributed by atoms with Crippen molar-refractivity contribution < 1.29 is 4.74 Å². The molecule has 0 unspecified atom stereocenters. The molecule has 0 N–H and O–H groups in total. The summed E-state index contributed by atoms with van der Waals surface area (Å²) in [5, 5.41) is 2.01. The topological polar surface area (TPSA) is 75.5 Å². The highest BCUT2D eigenvalue weighted by molar-refractivity contribution is 7.13. The number of aromatic nitrogens is 5. The molecule has 0 atom stereocenters. The average molecular weight is 359 g/mol. The van der Waals surface area contributed by atoms with E-state index in [1.807, 2.05) is 28.3 Å². The normalized spacial score (nSPS) is 11.8. The van der Waals surface area contributed by atoms with Crippen LogP contribution in [-0.4, -0.2) is 36.8 Å². The fraction of sp³-hybridized carbons (Fsp3) is 0.312. The van der Waals surface area contributed by atoms with E-state index in [0.717, 1.165) is 15.1 Å². The molecule has 0 amide bonds. The number of hydrogen-bond donors (Lipinski definition) is 0. The zero-order chi connectivity index (χ0) is 17.7. The molecular weight excluding hydrogens is 342 g/mol. The van der Waals surface area contributed by atoms with E-state index >= 15 is 0 Å². The monoisotopic (exact) mass is 359 g/mol. The summed E-state index contributed by atoms with van der Waals surface area (Å²) in [7, 11) is 4.74. The van der Waals surface area contributed by atoms with Gasteiger partial charge in [-0.15, -0.1) is 11.3 Å². The molecule has 0 fully saturated rings. The van der Waals surface area contributed by atoms with Gasteiger partial charge < -0.3 is 9.30 Å². The number of aryl methyl sites for hydroxylation is 1. The molecule has 8 nitrogen and oxygen atoms in total. The minimum absolute atomic E-state index is 0.354. The molecule has 4 aromatic heterocycles. The van der Waals surface area contributed by atoms with Crippen LogP contribution in [0.1, 0.15) is 0 Å². The van der Waals surface area contributed by atoms with Gasteiger partial charge in [0.1, 0.15) is 0 Å². The smallest absolute Gasteiger partial charge is 0.332 e. The van der Waals surface area contributed by atoms with E-state index in [4.69, 9.17) is 4.74 Å². The second-order valence-corrected chi connectivity index (χ2v) is 6.74. The van der Waals surface area contributed by atoms with Gasteiger partial charge in [0, 0.05) is 33.9 Å². The maximum absolute atomic E-state index is 12.7.